The first-order valence-corrected chi connectivity index (χ1v) is 10.4. The number of benzene rings is 2. The number of nitrogens with one attached hydrogen (secondary N) is 1. The van der Waals surface area contributed by atoms with Crippen LogP contribution in [0.3, 0.4) is 0 Å². The van der Waals surface area contributed by atoms with Crippen molar-refractivity contribution in [3.05, 3.63) is 59.7 Å². The van der Waals surface area contributed by atoms with Crippen molar-refractivity contribution in [3.8, 4) is 5.75 Å². The zero-order chi connectivity index (χ0) is 21.5. The van der Waals surface area contributed by atoms with Gasteiger partial charge in [-0.2, -0.15) is 0 Å². The Morgan fingerprint density at radius 3 is 2.50 bits per heavy atom. The van der Waals surface area contributed by atoms with Gasteiger partial charge in [0.1, 0.15) is 12.4 Å². The summed E-state index contributed by atoms with van der Waals surface area (Å²) in [5.41, 5.74) is 1.50. The molecule has 6 heteroatoms. The average molecular weight is 411 g/mol. The van der Waals surface area contributed by atoms with Crippen LogP contribution >= 0.6 is 0 Å². The van der Waals surface area contributed by atoms with E-state index in [4.69, 9.17) is 9.47 Å². The zero-order valence-electron chi connectivity index (χ0n) is 17.9. The fourth-order valence-electron chi connectivity index (χ4n) is 3.94. The highest BCUT2D eigenvalue weighted by atomic mass is 16.5. The summed E-state index contributed by atoms with van der Waals surface area (Å²) < 4.78 is 10.6. The predicted molar refractivity (Wildman–Crippen MR) is 117 cm³/mol. The smallest absolute Gasteiger partial charge is 0.255 e. The first-order valence-electron chi connectivity index (χ1n) is 10.4. The third-order valence-electron chi connectivity index (χ3n) is 5.21. The van der Waals surface area contributed by atoms with Crippen LogP contribution in [0, 0.1) is 11.8 Å². The normalized spacial score (nSPS) is 18.7. The third-order valence-corrected chi connectivity index (χ3v) is 5.21. The standard InChI is InChI=1S/C24H30N2O4/c1-17-13-18(2)16-26(15-17)24(28)21-9-4-5-10-22(21)25-23(27)19-7-6-8-20(14-19)30-12-11-29-3/h4-10,14,17-18H,11-13,15-16H2,1-3H3,(H,25,27). The Kier molecular flexibility index (Phi) is 7.46. The van der Waals surface area contributed by atoms with Crippen LogP contribution in [0.5, 0.6) is 5.75 Å². The number of piperidine rings is 1. The van der Waals surface area contributed by atoms with Crippen molar-refractivity contribution in [1.29, 1.82) is 0 Å². The predicted octanol–water partition coefficient (Wildman–Crippen LogP) is 4.08. The fraction of sp³-hybridized carbons (Fsp3) is 0.417. The maximum Gasteiger partial charge on any atom is 0.255 e. The Bertz CT molecular complexity index is 873. The lowest BCUT2D eigenvalue weighted by molar-refractivity contribution is 0.0624. The van der Waals surface area contributed by atoms with Crippen LogP contribution in [-0.4, -0.2) is 50.1 Å². The van der Waals surface area contributed by atoms with Gasteiger partial charge < -0.3 is 19.7 Å². The molecule has 0 aromatic heterocycles. The molecular formula is C24H30N2O4. The van der Waals surface area contributed by atoms with Gasteiger partial charge >= 0.3 is 0 Å². The zero-order valence-corrected chi connectivity index (χ0v) is 17.9. The van der Waals surface area contributed by atoms with Crippen molar-refractivity contribution < 1.29 is 19.1 Å². The monoisotopic (exact) mass is 410 g/mol. The van der Waals surface area contributed by atoms with Crippen LogP contribution in [0.1, 0.15) is 41.0 Å². The summed E-state index contributed by atoms with van der Waals surface area (Å²) in [7, 11) is 1.61. The van der Waals surface area contributed by atoms with Crippen LogP contribution in [0.2, 0.25) is 0 Å². The molecule has 160 valence electrons. The molecule has 2 aromatic carbocycles. The molecule has 1 aliphatic heterocycles. The molecule has 2 amide bonds. The molecular weight excluding hydrogens is 380 g/mol. The molecule has 1 aliphatic rings. The van der Waals surface area contributed by atoms with E-state index in [1.165, 1.54) is 0 Å². The van der Waals surface area contributed by atoms with E-state index in [2.05, 4.69) is 19.2 Å². The Morgan fingerprint density at radius 1 is 1.03 bits per heavy atom. The fourth-order valence-corrected chi connectivity index (χ4v) is 3.94. The third kappa shape index (κ3) is 5.60. The van der Waals surface area contributed by atoms with Gasteiger partial charge in [-0.15, -0.1) is 0 Å². The minimum atomic E-state index is -0.284. The molecule has 1 fully saturated rings. The summed E-state index contributed by atoms with van der Waals surface area (Å²) in [5, 5.41) is 2.90. The Morgan fingerprint density at radius 2 is 1.77 bits per heavy atom. The molecule has 1 saturated heterocycles. The van der Waals surface area contributed by atoms with E-state index in [-0.39, 0.29) is 11.8 Å². The maximum absolute atomic E-state index is 13.2. The quantitative estimate of drug-likeness (QED) is 0.699. The minimum Gasteiger partial charge on any atom is -0.491 e. The van der Waals surface area contributed by atoms with E-state index in [9.17, 15) is 9.59 Å². The summed E-state index contributed by atoms with van der Waals surface area (Å²) in [5.74, 6) is 1.22. The maximum atomic E-state index is 13.2. The molecule has 2 unspecified atom stereocenters. The van der Waals surface area contributed by atoms with Gasteiger partial charge in [0, 0.05) is 25.8 Å². The van der Waals surface area contributed by atoms with Crippen LogP contribution in [0.4, 0.5) is 5.69 Å². The van der Waals surface area contributed by atoms with Crippen molar-refractivity contribution in [2.24, 2.45) is 11.8 Å². The van der Waals surface area contributed by atoms with Gasteiger partial charge in [0.2, 0.25) is 0 Å². The number of ether oxygens (including phenoxy) is 2. The van der Waals surface area contributed by atoms with E-state index in [0.717, 1.165) is 19.5 Å². The number of carbonyl (C=O) groups is 2. The van der Waals surface area contributed by atoms with Gasteiger partial charge in [0.15, 0.2) is 0 Å². The van der Waals surface area contributed by atoms with Crippen molar-refractivity contribution in [2.75, 3.05) is 38.7 Å². The number of anilines is 1. The number of hydrogen-bond acceptors (Lipinski definition) is 4. The number of rotatable bonds is 7. The van der Waals surface area contributed by atoms with Gasteiger partial charge in [-0.3, -0.25) is 9.59 Å². The summed E-state index contributed by atoms with van der Waals surface area (Å²) in [6.45, 7) is 6.71. The molecule has 0 bridgehead atoms. The molecule has 0 saturated carbocycles. The first kappa shape index (κ1) is 21.8. The SMILES string of the molecule is COCCOc1cccc(C(=O)Nc2ccccc2C(=O)N2CC(C)CC(C)C2)c1. The van der Waals surface area contributed by atoms with Gasteiger partial charge in [0.25, 0.3) is 11.8 Å². The van der Waals surface area contributed by atoms with E-state index < -0.39 is 0 Å². The Labute approximate surface area is 178 Å². The second kappa shape index (κ2) is 10.3. The highest BCUT2D eigenvalue weighted by Gasteiger charge is 2.27. The van der Waals surface area contributed by atoms with E-state index in [0.29, 0.717) is 47.6 Å². The summed E-state index contributed by atoms with van der Waals surface area (Å²) in [6, 6.07) is 14.1. The molecule has 0 aliphatic carbocycles. The summed E-state index contributed by atoms with van der Waals surface area (Å²) in [6.07, 6.45) is 1.13. The second-order valence-electron chi connectivity index (χ2n) is 8.02. The summed E-state index contributed by atoms with van der Waals surface area (Å²) in [4.78, 5) is 27.9. The van der Waals surface area contributed by atoms with E-state index in [1.807, 2.05) is 17.0 Å². The number of amides is 2. The minimum absolute atomic E-state index is 0.0408. The number of carbonyl (C=O) groups excluding carboxylic acids is 2. The van der Waals surface area contributed by atoms with Crippen LogP contribution in [-0.2, 0) is 4.74 Å². The molecule has 6 nitrogen and oxygen atoms in total. The second-order valence-corrected chi connectivity index (χ2v) is 8.02. The van der Waals surface area contributed by atoms with Gasteiger partial charge in [-0.1, -0.05) is 32.0 Å². The molecule has 3 rings (SSSR count). The number of para-hydroxylation sites is 1. The number of nitrogens with zero attached hydrogens (tertiary/aromatic N) is 1. The molecule has 0 radical (unpaired) electrons. The van der Waals surface area contributed by atoms with Gasteiger partial charge in [-0.25, -0.2) is 0 Å². The molecule has 0 spiro atoms. The number of likely N-dealkylation sites (tertiary alicyclic amines) is 1. The van der Waals surface area contributed by atoms with Crippen molar-refractivity contribution in [3.63, 3.8) is 0 Å². The first-order chi connectivity index (χ1) is 14.5. The van der Waals surface area contributed by atoms with Gasteiger partial charge in [0.05, 0.1) is 17.9 Å². The van der Waals surface area contributed by atoms with Crippen LogP contribution in [0.15, 0.2) is 48.5 Å². The lowest BCUT2D eigenvalue weighted by Crippen LogP contribution is -2.42. The lowest BCUT2D eigenvalue weighted by Gasteiger charge is -2.35. The number of hydrogen-bond donors (Lipinski definition) is 1. The molecule has 1 N–H and O–H groups in total. The van der Waals surface area contributed by atoms with E-state index in [1.54, 1.807) is 43.5 Å². The molecule has 2 atom stereocenters. The highest BCUT2D eigenvalue weighted by molar-refractivity contribution is 6.09. The lowest BCUT2D eigenvalue weighted by atomic mass is 9.91. The summed E-state index contributed by atoms with van der Waals surface area (Å²) >= 11 is 0. The van der Waals surface area contributed by atoms with Crippen LogP contribution < -0.4 is 10.1 Å². The van der Waals surface area contributed by atoms with Gasteiger partial charge in [-0.05, 0) is 48.6 Å². The van der Waals surface area contributed by atoms with Crippen molar-refractivity contribution in [1.82, 2.24) is 4.90 Å². The van der Waals surface area contributed by atoms with Crippen LogP contribution in [0.25, 0.3) is 0 Å². The van der Waals surface area contributed by atoms with E-state index >= 15 is 0 Å². The molecule has 2 aromatic rings. The highest BCUT2D eigenvalue weighted by Crippen LogP contribution is 2.25. The van der Waals surface area contributed by atoms with Crippen molar-refractivity contribution >= 4 is 17.5 Å². The topological polar surface area (TPSA) is 67.9 Å². The largest absolute Gasteiger partial charge is 0.491 e. The molecule has 1 heterocycles. The molecule has 30 heavy (non-hydrogen) atoms. The average Bonchev–Trinajstić information content (AvgIpc) is 2.73. The van der Waals surface area contributed by atoms with Crippen molar-refractivity contribution in [2.45, 2.75) is 20.3 Å². The number of methoxy groups -OCH3 is 1. The Hall–Kier alpha value is -2.86. The Balaban J connectivity index is 1.74.